The molecule has 0 unspecified atom stereocenters. The van der Waals surface area contributed by atoms with Crippen LogP contribution in [0.3, 0.4) is 0 Å². The number of thioether (sulfide) groups is 1. The molecule has 2 aromatic carbocycles. The van der Waals surface area contributed by atoms with Crippen LogP contribution in [0.1, 0.15) is 35.1 Å². The van der Waals surface area contributed by atoms with Gasteiger partial charge in [-0.3, -0.25) is 14.2 Å². The number of hydrogen-bond donors (Lipinski definition) is 1. The van der Waals surface area contributed by atoms with Crippen molar-refractivity contribution in [2.45, 2.75) is 50.6 Å². The van der Waals surface area contributed by atoms with Gasteiger partial charge in [-0.25, -0.2) is 4.98 Å². The van der Waals surface area contributed by atoms with Crippen LogP contribution >= 0.6 is 23.1 Å². The summed E-state index contributed by atoms with van der Waals surface area (Å²) in [5.74, 6) is 0.758. The van der Waals surface area contributed by atoms with E-state index in [2.05, 4.69) is 49.5 Å². The molecule has 0 radical (unpaired) electrons. The van der Waals surface area contributed by atoms with Crippen molar-refractivity contribution >= 4 is 39.2 Å². The van der Waals surface area contributed by atoms with Crippen LogP contribution in [0.5, 0.6) is 0 Å². The first kappa shape index (κ1) is 24.2. The second-order valence-corrected chi connectivity index (χ2v) is 10.3. The number of hydrogen-bond acceptors (Lipinski definition) is 5. The predicted molar refractivity (Wildman–Crippen MR) is 142 cm³/mol. The molecular weight excluding hydrogens is 462 g/mol. The lowest BCUT2D eigenvalue weighted by atomic mass is 10.1. The Morgan fingerprint density at radius 2 is 1.94 bits per heavy atom. The Labute approximate surface area is 208 Å². The smallest absolute Gasteiger partial charge is 0.272 e. The van der Waals surface area contributed by atoms with E-state index >= 15 is 0 Å². The minimum Gasteiger partial charge on any atom is -0.356 e. The standard InChI is InChI=1S/C27H29N3O2S2/c1-19-10-11-20(2)22(17-19)18-34-27-29-23-13-16-33-25(23)26(32)30(27)15-6-9-24(31)28-14-12-21-7-4-3-5-8-21/h3-5,7-8,10-11,13,16-17H,6,9,12,14-15,18H2,1-2H3,(H,28,31). The molecule has 4 aromatic rings. The molecule has 0 spiro atoms. The number of thiophene rings is 1. The van der Waals surface area contributed by atoms with E-state index in [0.717, 1.165) is 17.7 Å². The van der Waals surface area contributed by atoms with Gasteiger partial charge < -0.3 is 5.32 Å². The molecule has 0 bridgehead atoms. The summed E-state index contributed by atoms with van der Waals surface area (Å²) < 4.78 is 2.41. The zero-order chi connectivity index (χ0) is 23.9. The van der Waals surface area contributed by atoms with E-state index in [1.807, 2.05) is 29.6 Å². The van der Waals surface area contributed by atoms with Gasteiger partial charge in [-0.15, -0.1) is 11.3 Å². The maximum absolute atomic E-state index is 13.2. The highest BCUT2D eigenvalue weighted by molar-refractivity contribution is 7.98. The fraction of sp³-hybridized carbons (Fsp3) is 0.296. The average molecular weight is 492 g/mol. The Morgan fingerprint density at radius 1 is 1.12 bits per heavy atom. The molecular formula is C27H29N3O2S2. The lowest BCUT2D eigenvalue weighted by Gasteiger charge is -2.13. The number of carbonyl (C=O) groups excluding carboxylic acids is 1. The highest BCUT2D eigenvalue weighted by Crippen LogP contribution is 2.26. The summed E-state index contributed by atoms with van der Waals surface area (Å²) in [4.78, 5) is 30.3. The van der Waals surface area contributed by atoms with Gasteiger partial charge in [-0.05, 0) is 54.8 Å². The highest BCUT2D eigenvalue weighted by Gasteiger charge is 2.14. The fourth-order valence-corrected chi connectivity index (χ4v) is 5.67. The lowest BCUT2D eigenvalue weighted by Crippen LogP contribution is -2.27. The van der Waals surface area contributed by atoms with Crippen molar-refractivity contribution < 1.29 is 4.79 Å². The molecule has 0 aliphatic heterocycles. The molecule has 1 amide bonds. The van der Waals surface area contributed by atoms with Crippen LogP contribution in [0.15, 0.2) is 69.9 Å². The summed E-state index contributed by atoms with van der Waals surface area (Å²) in [6, 6.07) is 18.4. The van der Waals surface area contributed by atoms with E-state index in [-0.39, 0.29) is 11.5 Å². The van der Waals surface area contributed by atoms with Crippen LogP contribution < -0.4 is 10.9 Å². The number of fused-ring (bicyclic) bond motifs is 1. The van der Waals surface area contributed by atoms with Crippen molar-refractivity contribution in [1.82, 2.24) is 14.9 Å². The minimum absolute atomic E-state index is 0.0127. The Balaban J connectivity index is 1.39. The van der Waals surface area contributed by atoms with E-state index < -0.39 is 0 Å². The number of rotatable bonds is 10. The van der Waals surface area contributed by atoms with Crippen molar-refractivity contribution in [3.63, 3.8) is 0 Å². The van der Waals surface area contributed by atoms with Gasteiger partial charge in [0.15, 0.2) is 5.16 Å². The van der Waals surface area contributed by atoms with Gasteiger partial charge in [0.2, 0.25) is 5.91 Å². The Hall–Kier alpha value is -2.90. The summed E-state index contributed by atoms with van der Waals surface area (Å²) in [5, 5.41) is 5.60. The molecule has 0 atom stereocenters. The topological polar surface area (TPSA) is 64.0 Å². The van der Waals surface area contributed by atoms with Crippen LogP contribution in [0, 0.1) is 13.8 Å². The highest BCUT2D eigenvalue weighted by atomic mass is 32.2. The zero-order valence-corrected chi connectivity index (χ0v) is 21.2. The fourth-order valence-electron chi connectivity index (χ4n) is 3.81. The molecule has 34 heavy (non-hydrogen) atoms. The van der Waals surface area contributed by atoms with Crippen molar-refractivity contribution in [3.05, 3.63) is 92.6 Å². The molecule has 0 aliphatic carbocycles. The van der Waals surface area contributed by atoms with Gasteiger partial charge in [-0.2, -0.15) is 0 Å². The Kier molecular flexibility index (Phi) is 8.19. The Morgan fingerprint density at radius 3 is 2.76 bits per heavy atom. The van der Waals surface area contributed by atoms with Crippen LogP contribution in [0.2, 0.25) is 0 Å². The van der Waals surface area contributed by atoms with Gasteiger partial charge in [0.25, 0.3) is 5.56 Å². The van der Waals surface area contributed by atoms with Crippen LogP contribution in [-0.4, -0.2) is 22.0 Å². The van der Waals surface area contributed by atoms with Crippen LogP contribution in [0.4, 0.5) is 0 Å². The van der Waals surface area contributed by atoms with Gasteiger partial charge in [0, 0.05) is 25.3 Å². The average Bonchev–Trinajstić information content (AvgIpc) is 3.31. The number of nitrogens with zero attached hydrogens (tertiary/aromatic N) is 2. The maximum Gasteiger partial charge on any atom is 0.272 e. The van der Waals surface area contributed by atoms with Crippen molar-refractivity contribution in [2.24, 2.45) is 0 Å². The molecule has 2 aromatic heterocycles. The molecule has 1 N–H and O–H groups in total. The molecule has 0 fully saturated rings. The quantitative estimate of drug-likeness (QED) is 0.235. The molecule has 4 rings (SSSR count). The largest absolute Gasteiger partial charge is 0.356 e. The molecule has 0 saturated heterocycles. The molecule has 5 nitrogen and oxygen atoms in total. The second kappa shape index (κ2) is 11.5. The molecule has 7 heteroatoms. The number of aromatic nitrogens is 2. The lowest BCUT2D eigenvalue weighted by molar-refractivity contribution is -0.121. The van der Waals surface area contributed by atoms with E-state index in [1.165, 1.54) is 33.6 Å². The third kappa shape index (κ3) is 6.15. The van der Waals surface area contributed by atoms with E-state index in [9.17, 15) is 9.59 Å². The Bertz CT molecular complexity index is 1330. The third-order valence-corrected chi connectivity index (χ3v) is 7.67. The molecule has 176 valence electrons. The van der Waals surface area contributed by atoms with E-state index in [0.29, 0.717) is 35.8 Å². The second-order valence-electron chi connectivity index (χ2n) is 8.39. The van der Waals surface area contributed by atoms with E-state index in [1.54, 1.807) is 16.3 Å². The first-order valence-electron chi connectivity index (χ1n) is 11.5. The van der Waals surface area contributed by atoms with E-state index in [4.69, 9.17) is 4.98 Å². The van der Waals surface area contributed by atoms with Gasteiger partial charge in [-0.1, -0.05) is 65.9 Å². The summed E-state index contributed by atoms with van der Waals surface area (Å²) in [5.41, 5.74) is 5.62. The number of benzene rings is 2. The number of aryl methyl sites for hydroxylation is 2. The number of nitrogens with one attached hydrogen (secondary N) is 1. The summed E-state index contributed by atoms with van der Waals surface area (Å²) in [6.45, 7) is 5.28. The van der Waals surface area contributed by atoms with Gasteiger partial charge >= 0.3 is 0 Å². The first-order valence-corrected chi connectivity index (χ1v) is 13.4. The zero-order valence-electron chi connectivity index (χ0n) is 19.5. The predicted octanol–water partition coefficient (Wildman–Crippen LogP) is 5.51. The van der Waals surface area contributed by atoms with Gasteiger partial charge in [0.1, 0.15) is 4.70 Å². The maximum atomic E-state index is 13.2. The first-order chi connectivity index (χ1) is 16.5. The number of amides is 1. The normalized spacial score (nSPS) is 11.1. The summed E-state index contributed by atoms with van der Waals surface area (Å²) in [6.07, 6.45) is 1.78. The van der Waals surface area contributed by atoms with Gasteiger partial charge in [0.05, 0.1) is 5.52 Å². The molecule has 0 aliphatic rings. The van der Waals surface area contributed by atoms with Crippen LogP contribution in [0.25, 0.3) is 10.2 Å². The van der Waals surface area contributed by atoms with Crippen molar-refractivity contribution in [3.8, 4) is 0 Å². The summed E-state index contributed by atoms with van der Waals surface area (Å²) in [7, 11) is 0. The monoisotopic (exact) mass is 491 g/mol. The summed E-state index contributed by atoms with van der Waals surface area (Å²) >= 11 is 3.00. The molecule has 0 saturated carbocycles. The third-order valence-electron chi connectivity index (χ3n) is 5.76. The van der Waals surface area contributed by atoms with Crippen molar-refractivity contribution in [1.29, 1.82) is 0 Å². The van der Waals surface area contributed by atoms with Crippen LogP contribution in [-0.2, 0) is 23.5 Å². The van der Waals surface area contributed by atoms with Crippen molar-refractivity contribution in [2.75, 3.05) is 6.54 Å². The minimum atomic E-state index is -0.0204. The molecule has 2 heterocycles. The SMILES string of the molecule is Cc1ccc(C)c(CSc2nc3ccsc3c(=O)n2CCCC(=O)NCCc2ccccc2)c1. The number of carbonyl (C=O) groups is 1.